The predicted octanol–water partition coefficient (Wildman–Crippen LogP) is 2.02. The number of rotatable bonds is 6. The molecule has 0 fully saturated rings. The molecule has 1 rings (SSSR count). The first-order valence-electron chi connectivity index (χ1n) is 6.01. The first kappa shape index (κ1) is 13.7. The summed E-state index contributed by atoms with van der Waals surface area (Å²) >= 11 is 0. The molecule has 1 unspecified atom stereocenters. The second kappa shape index (κ2) is 5.78. The van der Waals surface area contributed by atoms with Crippen molar-refractivity contribution in [1.29, 1.82) is 5.26 Å². The topological polar surface area (TPSA) is 80.5 Å². The lowest BCUT2D eigenvalue weighted by atomic mass is 9.89. The number of hydrogen-bond donors (Lipinski definition) is 1. The van der Waals surface area contributed by atoms with Crippen LogP contribution >= 0.6 is 0 Å². The van der Waals surface area contributed by atoms with E-state index in [1.54, 1.807) is 6.33 Å². The average Bonchev–Trinajstić information content (AvgIpc) is 2.73. The fraction of sp³-hybridized carbons (Fsp3) is 0.750. The fourth-order valence-electron chi connectivity index (χ4n) is 1.52. The SMILES string of the molecule is CC(N)c1ncn(CCCCC(C)(C)C#N)n1. The summed E-state index contributed by atoms with van der Waals surface area (Å²) in [5.41, 5.74) is 5.46. The minimum absolute atomic E-state index is 0.117. The molecule has 94 valence electrons. The molecule has 0 aliphatic heterocycles. The van der Waals surface area contributed by atoms with Crippen LogP contribution in [0.4, 0.5) is 0 Å². The molecule has 0 aromatic carbocycles. The summed E-state index contributed by atoms with van der Waals surface area (Å²) in [6.07, 6.45) is 4.66. The van der Waals surface area contributed by atoms with E-state index in [0.717, 1.165) is 25.8 Å². The third-order valence-electron chi connectivity index (χ3n) is 2.70. The van der Waals surface area contributed by atoms with Gasteiger partial charge in [0.25, 0.3) is 0 Å². The van der Waals surface area contributed by atoms with Crippen molar-refractivity contribution in [3.63, 3.8) is 0 Å². The molecule has 0 saturated carbocycles. The monoisotopic (exact) mass is 235 g/mol. The third-order valence-corrected chi connectivity index (χ3v) is 2.70. The first-order chi connectivity index (χ1) is 7.94. The van der Waals surface area contributed by atoms with Gasteiger partial charge in [-0.1, -0.05) is 6.42 Å². The summed E-state index contributed by atoms with van der Waals surface area (Å²) in [5, 5.41) is 13.2. The highest BCUT2D eigenvalue weighted by molar-refractivity contribution is 4.91. The van der Waals surface area contributed by atoms with Gasteiger partial charge in [-0.2, -0.15) is 10.4 Å². The number of aryl methyl sites for hydroxylation is 1. The Morgan fingerprint density at radius 2 is 2.24 bits per heavy atom. The number of aromatic nitrogens is 3. The van der Waals surface area contributed by atoms with Crippen LogP contribution in [-0.4, -0.2) is 14.8 Å². The highest BCUT2D eigenvalue weighted by Crippen LogP contribution is 2.21. The molecule has 1 aromatic rings. The quantitative estimate of drug-likeness (QED) is 0.765. The van der Waals surface area contributed by atoms with Crippen molar-refractivity contribution in [2.75, 3.05) is 0 Å². The van der Waals surface area contributed by atoms with Crippen LogP contribution in [0.1, 0.15) is 51.9 Å². The predicted molar refractivity (Wildman–Crippen MR) is 65.9 cm³/mol. The first-order valence-corrected chi connectivity index (χ1v) is 6.01. The molecule has 0 amide bonds. The van der Waals surface area contributed by atoms with Gasteiger partial charge in [-0.15, -0.1) is 0 Å². The number of nitriles is 1. The molecule has 1 atom stereocenters. The fourth-order valence-corrected chi connectivity index (χ4v) is 1.52. The Balaban J connectivity index is 2.29. The van der Waals surface area contributed by atoms with Gasteiger partial charge in [0.2, 0.25) is 0 Å². The van der Waals surface area contributed by atoms with Crippen molar-refractivity contribution in [3.05, 3.63) is 12.2 Å². The smallest absolute Gasteiger partial charge is 0.166 e. The van der Waals surface area contributed by atoms with Crippen molar-refractivity contribution in [3.8, 4) is 6.07 Å². The van der Waals surface area contributed by atoms with E-state index in [-0.39, 0.29) is 11.5 Å². The van der Waals surface area contributed by atoms with Crippen molar-refractivity contribution in [1.82, 2.24) is 14.8 Å². The Kier molecular flexibility index (Phi) is 4.64. The van der Waals surface area contributed by atoms with Crippen LogP contribution < -0.4 is 5.73 Å². The Morgan fingerprint density at radius 3 is 2.76 bits per heavy atom. The molecule has 0 saturated heterocycles. The van der Waals surface area contributed by atoms with Crippen LogP contribution in [0.5, 0.6) is 0 Å². The molecule has 1 heterocycles. The van der Waals surface area contributed by atoms with E-state index in [1.807, 2.05) is 25.5 Å². The van der Waals surface area contributed by atoms with Gasteiger partial charge >= 0.3 is 0 Å². The number of hydrogen-bond acceptors (Lipinski definition) is 4. The lowest BCUT2D eigenvalue weighted by Crippen LogP contribution is -2.09. The van der Waals surface area contributed by atoms with Crippen LogP contribution in [0, 0.1) is 16.7 Å². The normalized spacial score (nSPS) is 13.4. The van der Waals surface area contributed by atoms with Crippen LogP contribution in [0.2, 0.25) is 0 Å². The highest BCUT2D eigenvalue weighted by Gasteiger charge is 2.15. The summed E-state index contributed by atoms with van der Waals surface area (Å²) in [4.78, 5) is 4.13. The summed E-state index contributed by atoms with van der Waals surface area (Å²) in [6, 6.07) is 2.19. The van der Waals surface area contributed by atoms with E-state index in [9.17, 15) is 0 Å². The number of nitrogens with two attached hydrogens (primary N) is 1. The van der Waals surface area contributed by atoms with E-state index in [0.29, 0.717) is 5.82 Å². The van der Waals surface area contributed by atoms with E-state index >= 15 is 0 Å². The standard InChI is InChI=1S/C12H21N5/c1-10(14)11-15-9-17(16-11)7-5-4-6-12(2,3)8-13/h9-10H,4-7,14H2,1-3H3. The summed E-state index contributed by atoms with van der Waals surface area (Å²) in [5.74, 6) is 0.683. The van der Waals surface area contributed by atoms with Gasteiger partial charge < -0.3 is 5.73 Å². The summed E-state index contributed by atoms with van der Waals surface area (Å²) in [7, 11) is 0. The molecule has 0 aliphatic rings. The minimum Gasteiger partial charge on any atom is -0.321 e. The van der Waals surface area contributed by atoms with Crippen LogP contribution in [0.3, 0.4) is 0 Å². The minimum atomic E-state index is -0.223. The van der Waals surface area contributed by atoms with Crippen molar-refractivity contribution in [2.45, 2.75) is 52.6 Å². The molecular weight excluding hydrogens is 214 g/mol. The van der Waals surface area contributed by atoms with E-state index in [2.05, 4.69) is 16.2 Å². The molecule has 5 heteroatoms. The van der Waals surface area contributed by atoms with Gasteiger partial charge in [0, 0.05) is 6.54 Å². The van der Waals surface area contributed by atoms with Crippen molar-refractivity contribution in [2.24, 2.45) is 11.1 Å². The summed E-state index contributed by atoms with van der Waals surface area (Å²) < 4.78 is 1.82. The number of unbranched alkanes of at least 4 members (excludes halogenated alkanes) is 1. The van der Waals surface area contributed by atoms with E-state index in [1.165, 1.54) is 0 Å². The van der Waals surface area contributed by atoms with Crippen molar-refractivity contribution >= 4 is 0 Å². The largest absolute Gasteiger partial charge is 0.321 e. The van der Waals surface area contributed by atoms with Gasteiger partial charge in [-0.3, -0.25) is 4.68 Å². The van der Waals surface area contributed by atoms with Gasteiger partial charge in [0.05, 0.1) is 17.5 Å². The van der Waals surface area contributed by atoms with Crippen LogP contribution in [0.25, 0.3) is 0 Å². The molecule has 17 heavy (non-hydrogen) atoms. The van der Waals surface area contributed by atoms with Crippen molar-refractivity contribution < 1.29 is 0 Å². The zero-order chi connectivity index (χ0) is 12.9. The molecule has 0 spiro atoms. The summed E-state index contributed by atoms with van der Waals surface area (Å²) in [6.45, 7) is 6.64. The third kappa shape index (κ3) is 4.53. The van der Waals surface area contributed by atoms with Gasteiger partial charge in [0.1, 0.15) is 6.33 Å². The van der Waals surface area contributed by atoms with Crippen LogP contribution in [0.15, 0.2) is 6.33 Å². The maximum absolute atomic E-state index is 8.88. The molecule has 5 nitrogen and oxygen atoms in total. The highest BCUT2D eigenvalue weighted by atomic mass is 15.3. The van der Waals surface area contributed by atoms with Gasteiger partial charge in [-0.05, 0) is 33.6 Å². The molecule has 0 aliphatic carbocycles. The Morgan fingerprint density at radius 1 is 1.53 bits per heavy atom. The lowest BCUT2D eigenvalue weighted by molar-refractivity contribution is 0.411. The average molecular weight is 235 g/mol. The molecule has 0 bridgehead atoms. The Labute approximate surface area is 103 Å². The van der Waals surface area contributed by atoms with E-state index in [4.69, 9.17) is 11.0 Å². The second-order valence-corrected chi connectivity index (χ2v) is 5.11. The molecular formula is C12H21N5. The van der Waals surface area contributed by atoms with E-state index < -0.39 is 0 Å². The van der Waals surface area contributed by atoms with Gasteiger partial charge in [-0.25, -0.2) is 4.98 Å². The molecule has 1 aromatic heterocycles. The Bertz CT molecular complexity index is 386. The number of nitrogens with zero attached hydrogens (tertiary/aromatic N) is 4. The second-order valence-electron chi connectivity index (χ2n) is 5.11. The van der Waals surface area contributed by atoms with Gasteiger partial charge in [0.15, 0.2) is 5.82 Å². The zero-order valence-electron chi connectivity index (χ0n) is 10.8. The maximum Gasteiger partial charge on any atom is 0.166 e. The van der Waals surface area contributed by atoms with Crippen LogP contribution in [-0.2, 0) is 6.54 Å². The zero-order valence-corrected chi connectivity index (χ0v) is 10.8. The molecule has 2 N–H and O–H groups in total. The maximum atomic E-state index is 8.88. The molecule has 0 radical (unpaired) electrons. The Hall–Kier alpha value is -1.41. The lowest BCUT2D eigenvalue weighted by Gasteiger charge is -2.13.